The lowest BCUT2D eigenvalue weighted by atomic mass is 10.2. The van der Waals surface area contributed by atoms with Crippen molar-refractivity contribution >= 4 is 34.5 Å². The predicted octanol–water partition coefficient (Wildman–Crippen LogP) is 4.69. The highest BCUT2D eigenvalue weighted by Crippen LogP contribution is 2.28. The van der Waals surface area contributed by atoms with Crippen molar-refractivity contribution < 1.29 is 14.0 Å². The molecule has 0 saturated carbocycles. The molecule has 3 aromatic carbocycles. The van der Waals surface area contributed by atoms with E-state index in [1.54, 1.807) is 36.4 Å². The molecule has 0 bridgehead atoms. The molecule has 0 atom stereocenters. The van der Waals surface area contributed by atoms with Crippen molar-refractivity contribution in [3.05, 3.63) is 101 Å². The van der Waals surface area contributed by atoms with Crippen molar-refractivity contribution in [1.29, 1.82) is 0 Å². The van der Waals surface area contributed by atoms with Crippen molar-refractivity contribution in [2.45, 2.75) is 6.54 Å². The van der Waals surface area contributed by atoms with E-state index in [9.17, 15) is 14.0 Å². The molecule has 2 amide bonds. The van der Waals surface area contributed by atoms with Crippen LogP contribution in [0.15, 0.2) is 85.1 Å². The number of halogens is 1. The molecule has 4 rings (SSSR count). The summed E-state index contributed by atoms with van der Waals surface area (Å²) in [6.45, 7) is 0.523. The number of hydrogen-bond donors (Lipinski definition) is 2. The van der Waals surface area contributed by atoms with Gasteiger partial charge >= 0.3 is 0 Å². The molecule has 4 aromatic rings. The average Bonchev–Trinajstić information content (AvgIpc) is 3.30. The van der Waals surface area contributed by atoms with Gasteiger partial charge in [-0.25, -0.2) is 9.37 Å². The van der Waals surface area contributed by atoms with Crippen LogP contribution in [0, 0.1) is 5.82 Å². The van der Waals surface area contributed by atoms with Gasteiger partial charge < -0.3 is 16.0 Å². The van der Waals surface area contributed by atoms with Crippen LogP contribution >= 0.6 is 11.3 Å². The number of primary amides is 1. The number of nitrogens with one attached hydrogen (secondary N) is 1. The number of benzene rings is 3. The molecule has 0 aliphatic heterocycles. The maximum Gasteiger partial charge on any atom is 0.267 e. The van der Waals surface area contributed by atoms with Gasteiger partial charge in [-0.2, -0.15) is 0 Å². The van der Waals surface area contributed by atoms with E-state index in [-0.39, 0.29) is 18.3 Å². The summed E-state index contributed by atoms with van der Waals surface area (Å²) in [6.07, 6.45) is 1.43. The summed E-state index contributed by atoms with van der Waals surface area (Å²) >= 11 is 1.11. The average molecular weight is 461 g/mol. The first kappa shape index (κ1) is 22.2. The largest absolute Gasteiger partial charge is 0.368 e. The Balaban J connectivity index is 1.52. The Bertz CT molecular complexity index is 1280. The summed E-state index contributed by atoms with van der Waals surface area (Å²) in [7, 11) is 0. The van der Waals surface area contributed by atoms with E-state index >= 15 is 0 Å². The molecule has 0 spiro atoms. The monoisotopic (exact) mass is 460 g/mol. The zero-order valence-electron chi connectivity index (χ0n) is 17.6. The summed E-state index contributed by atoms with van der Waals surface area (Å²) in [5.41, 5.74) is 8.14. The minimum Gasteiger partial charge on any atom is -0.368 e. The number of amides is 2. The minimum atomic E-state index is -0.453. The molecule has 0 saturated heterocycles. The Hall–Kier alpha value is -4.04. The van der Waals surface area contributed by atoms with Crippen molar-refractivity contribution in [2.24, 2.45) is 5.73 Å². The van der Waals surface area contributed by atoms with Crippen LogP contribution in [0.2, 0.25) is 0 Å². The molecule has 0 aliphatic rings. The number of rotatable bonds is 8. The van der Waals surface area contributed by atoms with Crippen molar-refractivity contribution in [3.8, 4) is 10.6 Å². The van der Waals surface area contributed by atoms with Crippen LogP contribution in [0.4, 0.5) is 15.8 Å². The molecule has 33 heavy (non-hydrogen) atoms. The molecule has 1 heterocycles. The molecule has 3 N–H and O–H groups in total. The van der Waals surface area contributed by atoms with Gasteiger partial charge in [0.15, 0.2) is 0 Å². The Morgan fingerprint density at radius 2 is 1.76 bits per heavy atom. The summed E-state index contributed by atoms with van der Waals surface area (Å²) in [6, 6.07) is 23.2. The minimum absolute atomic E-state index is 0.0349. The number of aromatic nitrogens is 1. The van der Waals surface area contributed by atoms with E-state index < -0.39 is 5.91 Å². The van der Waals surface area contributed by atoms with Gasteiger partial charge in [-0.15, -0.1) is 11.3 Å². The van der Waals surface area contributed by atoms with Gasteiger partial charge in [0.2, 0.25) is 5.91 Å². The Morgan fingerprint density at radius 1 is 1.00 bits per heavy atom. The van der Waals surface area contributed by atoms with Gasteiger partial charge in [0.05, 0.1) is 12.7 Å². The number of anilines is 2. The van der Waals surface area contributed by atoms with Crippen LogP contribution in [-0.2, 0) is 11.3 Å². The molecule has 0 fully saturated rings. The lowest BCUT2D eigenvalue weighted by molar-refractivity contribution is -0.116. The molecular weight excluding hydrogens is 439 g/mol. The fraction of sp³-hybridized carbons (Fsp3) is 0.0800. The van der Waals surface area contributed by atoms with E-state index in [4.69, 9.17) is 5.73 Å². The maximum absolute atomic E-state index is 14.0. The van der Waals surface area contributed by atoms with E-state index in [0.717, 1.165) is 22.6 Å². The van der Waals surface area contributed by atoms with Crippen LogP contribution in [0.3, 0.4) is 0 Å². The lowest BCUT2D eigenvalue weighted by Crippen LogP contribution is -2.33. The highest BCUT2D eigenvalue weighted by molar-refractivity contribution is 7.17. The third kappa shape index (κ3) is 5.61. The first-order chi connectivity index (χ1) is 16.0. The molecule has 1 aromatic heterocycles. The fourth-order valence-electron chi connectivity index (χ4n) is 3.34. The van der Waals surface area contributed by atoms with Crippen LogP contribution in [0.25, 0.3) is 10.6 Å². The van der Waals surface area contributed by atoms with Crippen LogP contribution in [-0.4, -0.2) is 23.3 Å². The molecule has 0 aliphatic carbocycles. The maximum atomic E-state index is 14.0. The van der Waals surface area contributed by atoms with Gasteiger partial charge in [-0.1, -0.05) is 48.5 Å². The standard InChI is InChI=1S/C25H21FN4O2S/c26-21-12-5-4-11-20(21)25-28-14-22(33-25)24(32)29-18-9-6-10-19(13-18)30(16-23(27)31)15-17-7-2-1-3-8-17/h1-14H,15-16H2,(H2,27,31)(H,29,32). The molecule has 166 valence electrons. The first-order valence-corrected chi connectivity index (χ1v) is 11.0. The van der Waals surface area contributed by atoms with E-state index in [0.29, 0.717) is 27.7 Å². The first-order valence-electron chi connectivity index (χ1n) is 10.2. The smallest absolute Gasteiger partial charge is 0.267 e. The fourth-order valence-corrected chi connectivity index (χ4v) is 4.18. The second kappa shape index (κ2) is 10.1. The summed E-state index contributed by atoms with van der Waals surface area (Å²) in [5.74, 6) is -1.19. The third-order valence-corrected chi connectivity index (χ3v) is 5.90. The van der Waals surface area contributed by atoms with Crippen molar-refractivity contribution in [1.82, 2.24) is 4.98 Å². The van der Waals surface area contributed by atoms with Crippen LogP contribution in [0.1, 0.15) is 15.2 Å². The number of carbonyl (C=O) groups excluding carboxylic acids is 2. The zero-order valence-corrected chi connectivity index (χ0v) is 18.4. The quantitative estimate of drug-likeness (QED) is 0.399. The SMILES string of the molecule is NC(=O)CN(Cc1ccccc1)c1cccc(NC(=O)c2cnc(-c3ccccc3F)s2)c1. The summed E-state index contributed by atoms with van der Waals surface area (Å²) in [4.78, 5) is 30.8. The third-order valence-electron chi connectivity index (χ3n) is 4.87. The van der Waals surface area contributed by atoms with Crippen LogP contribution in [0.5, 0.6) is 0 Å². The second-order valence-electron chi connectivity index (χ2n) is 7.32. The lowest BCUT2D eigenvalue weighted by Gasteiger charge is -2.24. The zero-order chi connectivity index (χ0) is 23.2. The van der Waals surface area contributed by atoms with Crippen molar-refractivity contribution in [2.75, 3.05) is 16.8 Å². The predicted molar refractivity (Wildman–Crippen MR) is 129 cm³/mol. The van der Waals surface area contributed by atoms with Crippen LogP contribution < -0.4 is 16.0 Å². The highest BCUT2D eigenvalue weighted by atomic mass is 32.1. The molecule has 0 unspecified atom stereocenters. The van der Waals surface area contributed by atoms with E-state index in [2.05, 4.69) is 10.3 Å². The number of nitrogens with two attached hydrogens (primary N) is 1. The summed E-state index contributed by atoms with van der Waals surface area (Å²) in [5, 5.41) is 3.28. The van der Waals surface area contributed by atoms with Gasteiger partial charge in [-0.3, -0.25) is 9.59 Å². The van der Waals surface area contributed by atoms with Gasteiger partial charge in [-0.05, 0) is 35.9 Å². The Labute approximate surface area is 194 Å². The second-order valence-corrected chi connectivity index (χ2v) is 8.35. The number of hydrogen-bond acceptors (Lipinski definition) is 5. The normalized spacial score (nSPS) is 10.6. The Morgan fingerprint density at radius 3 is 2.52 bits per heavy atom. The van der Waals surface area contributed by atoms with Gasteiger partial charge in [0.1, 0.15) is 15.7 Å². The topological polar surface area (TPSA) is 88.3 Å². The number of carbonyl (C=O) groups is 2. The van der Waals surface area contributed by atoms with Crippen molar-refractivity contribution in [3.63, 3.8) is 0 Å². The van der Waals surface area contributed by atoms with E-state index in [1.165, 1.54) is 12.3 Å². The highest BCUT2D eigenvalue weighted by Gasteiger charge is 2.16. The molecule has 8 heteroatoms. The molecular formula is C25H21FN4O2S. The van der Waals surface area contributed by atoms with Gasteiger partial charge in [0, 0.05) is 23.5 Å². The molecule has 0 radical (unpaired) electrons. The Kier molecular flexibility index (Phi) is 6.75. The number of thiazole rings is 1. The summed E-state index contributed by atoms with van der Waals surface area (Å²) < 4.78 is 14.0. The molecule has 6 nitrogen and oxygen atoms in total. The van der Waals surface area contributed by atoms with E-state index in [1.807, 2.05) is 41.3 Å². The van der Waals surface area contributed by atoms with Gasteiger partial charge in [0.25, 0.3) is 5.91 Å². The number of nitrogens with zero attached hydrogens (tertiary/aromatic N) is 2.